The van der Waals surface area contributed by atoms with Crippen molar-refractivity contribution in [2.24, 2.45) is 5.92 Å². The van der Waals surface area contributed by atoms with Gasteiger partial charge in [0, 0.05) is 56.1 Å². The second-order valence-electron chi connectivity index (χ2n) is 13.0. The van der Waals surface area contributed by atoms with Crippen LogP contribution in [0.1, 0.15) is 41.6 Å². The van der Waals surface area contributed by atoms with E-state index in [9.17, 15) is 14.0 Å². The summed E-state index contributed by atoms with van der Waals surface area (Å²) in [5, 5.41) is 2.10. The van der Waals surface area contributed by atoms with Gasteiger partial charge < -0.3 is 19.3 Å². The van der Waals surface area contributed by atoms with Crippen molar-refractivity contribution in [2.45, 2.75) is 42.1 Å². The number of nitrogens with zero attached hydrogens (tertiary/aromatic N) is 3. The van der Waals surface area contributed by atoms with Crippen molar-refractivity contribution in [2.75, 3.05) is 50.9 Å². The first-order valence-corrected chi connectivity index (χ1v) is 18.2. The summed E-state index contributed by atoms with van der Waals surface area (Å²) < 4.78 is 23.3. The zero-order valence-corrected chi connectivity index (χ0v) is 30.1. The van der Waals surface area contributed by atoms with E-state index in [1.165, 1.54) is 24.3 Å². The molecule has 1 saturated carbocycles. The summed E-state index contributed by atoms with van der Waals surface area (Å²) >= 11 is 18.7. The van der Waals surface area contributed by atoms with Crippen molar-refractivity contribution in [3.05, 3.63) is 108 Å². The third-order valence-electron chi connectivity index (χ3n) is 9.61. The Balaban J connectivity index is 1.23. The number of hydrogen-bond acceptors (Lipinski definition) is 5. The fourth-order valence-electron chi connectivity index (χ4n) is 7.03. The molecule has 2 unspecified atom stereocenters. The SMILES string of the molecule is O=C(c1ccc(F)cc1)N(CC1CCCC(N(Cc2cccc3ccccc23)C(=O)C(Cl)(Cl)Cl)C1)c1cccc(OCCN2CCOCC2)c1. The van der Waals surface area contributed by atoms with E-state index in [-0.39, 0.29) is 24.4 Å². The maximum Gasteiger partial charge on any atom is 0.275 e. The number of ether oxygens (including phenoxy) is 2. The summed E-state index contributed by atoms with van der Waals surface area (Å²) in [6.07, 6.45) is 3.04. The van der Waals surface area contributed by atoms with E-state index >= 15 is 0 Å². The molecule has 7 nitrogen and oxygen atoms in total. The van der Waals surface area contributed by atoms with E-state index < -0.39 is 15.5 Å². The van der Waals surface area contributed by atoms with Gasteiger partial charge in [0.05, 0.1) is 13.2 Å². The van der Waals surface area contributed by atoms with E-state index in [0.717, 1.165) is 68.4 Å². The van der Waals surface area contributed by atoms with Crippen LogP contribution in [0.25, 0.3) is 10.8 Å². The lowest BCUT2D eigenvalue weighted by Crippen LogP contribution is -2.48. The van der Waals surface area contributed by atoms with Gasteiger partial charge in [-0.3, -0.25) is 14.5 Å². The summed E-state index contributed by atoms with van der Waals surface area (Å²) in [6.45, 7) is 5.13. The highest BCUT2D eigenvalue weighted by Gasteiger charge is 2.40. The number of amides is 2. The standard InChI is InChI=1S/C39H41Cl3FN3O4/c40-39(41,42)38(48)46(27-31-9-4-8-29-7-1-2-13-36(29)31)33-10-3-6-28(24-33)26-45(37(47)30-14-16-32(43)17-15-30)34-11-5-12-35(25-34)50-23-20-44-18-21-49-22-19-44/h1-2,4-5,7-9,11-17,25,28,33H,3,6,10,18-24,26-27H2. The average molecular weight is 741 g/mol. The Morgan fingerprint density at radius 2 is 1.66 bits per heavy atom. The number of fused-ring (bicyclic) bond motifs is 1. The van der Waals surface area contributed by atoms with E-state index in [4.69, 9.17) is 44.3 Å². The second-order valence-corrected chi connectivity index (χ2v) is 15.3. The number of alkyl halides is 3. The Morgan fingerprint density at radius 3 is 2.44 bits per heavy atom. The molecule has 0 bridgehead atoms. The van der Waals surface area contributed by atoms with Gasteiger partial charge in [-0.2, -0.15) is 0 Å². The van der Waals surface area contributed by atoms with E-state index in [1.54, 1.807) is 9.80 Å². The first-order valence-electron chi connectivity index (χ1n) is 17.1. The van der Waals surface area contributed by atoms with Gasteiger partial charge >= 0.3 is 0 Å². The van der Waals surface area contributed by atoms with Crippen LogP contribution >= 0.6 is 34.8 Å². The van der Waals surface area contributed by atoms with Crippen molar-refractivity contribution in [3.63, 3.8) is 0 Å². The molecule has 6 rings (SSSR count). The minimum atomic E-state index is -2.12. The molecular formula is C39H41Cl3FN3O4. The maximum atomic E-state index is 14.1. The van der Waals surface area contributed by atoms with Crippen LogP contribution in [-0.2, 0) is 16.1 Å². The molecule has 2 atom stereocenters. The van der Waals surface area contributed by atoms with Crippen LogP contribution in [0.5, 0.6) is 5.75 Å². The highest BCUT2D eigenvalue weighted by atomic mass is 35.6. The van der Waals surface area contributed by atoms with Gasteiger partial charge in [-0.25, -0.2) is 4.39 Å². The highest BCUT2D eigenvalue weighted by Crippen LogP contribution is 2.37. The van der Waals surface area contributed by atoms with Gasteiger partial charge in [0.1, 0.15) is 18.2 Å². The average Bonchev–Trinajstić information content (AvgIpc) is 3.13. The first-order chi connectivity index (χ1) is 24.2. The molecular weight excluding hydrogens is 700 g/mol. The molecule has 2 amide bonds. The number of hydrogen-bond donors (Lipinski definition) is 0. The molecule has 264 valence electrons. The molecule has 0 spiro atoms. The number of carbonyl (C=O) groups excluding carboxylic acids is 2. The molecule has 1 aliphatic heterocycles. The molecule has 4 aromatic rings. The Labute approximate surface area is 307 Å². The maximum absolute atomic E-state index is 14.1. The molecule has 1 aliphatic carbocycles. The van der Waals surface area contributed by atoms with Gasteiger partial charge in [0.2, 0.25) is 0 Å². The van der Waals surface area contributed by atoms with Crippen LogP contribution in [0, 0.1) is 11.7 Å². The number of halogens is 4. The van der Waals surface area contributed by atoms with E-state index in [1.807, 2.05) is 66.7 Å². The second kappa shape index (κ2) is 16.7. The Kier molecular flexibility index (Phi) is 12.2. The predicted octanol–water partition coefficient (Wildman–Crippen LogP) is 8.29. The molecule has 1 saturated heterocycles. The van der Waals surface area contributed by atoms with Gasteiger partial charge in [-0.05, 0) is 77.9 Å². The Hall–Kier alpha value is -3.40. The predicted molar refractivity (Wildman–Crippen MR) is 198 cm³/mol. The zero-order valence-electron chi connectivity index (χ0n) is 27.8. The topological polar surface area (TPSA) is 62.3 Å². The number of morpholine rings is 1. The molecule has 1 heterocycles. The number of rotatable bonds is 11. The van der Waals surface area contributed by atoms with Crippen LogP contribution in [0.3, 0.4) is 0 Å². The quantitative estimate of drug-likeness (QED) is 0.145. The summed E-state index contributed by atoms with van der Waals surface area (Å²) in [7, 11) is 0. The molecule has 2 aliphatic rings. The molecule has 4 aromatic carbocycles. The van der Waals surface area contributed by atoms with Gasteiger partial charge in [-0.15, -0.1) is 0 Å². The summed E-state index contributed by atoms with van der Waals surface area (Å²) in [5.74, 6) is -0.542. The fraction of sp³-hybridized carbons (Fsp3) is 0.385. The summed E-state index contributed by atoms with van der Waals surface area (Å²) in [6, 6.07) is 26.9. The minimum Gasteiger partial charge on any atom is -0.492 e. The van der Waals surface area contributed by atoms with Crippen molar-refractivity contribution in [1.82, 2.24) is 9.80 Å². The Morgan fingerprint density at radius 1 is 0.920 bits per heavy atom. The van der Waals surface area contributed by atoms with Crippen LogP contribution < -0.4 is 9.64 Å². The van der Waals surface area contributed by atoms with Gasteiger partial charge in [0.25, 0.3) is 15.6 Å². The number of carbonyl (C=O) groups is 2. The van der Waals surface area contributed by atoms with Crippen molar-refractivity contribution < 1.29 is 23.5 Å². The van der Waals surface area contributed by atoms with E-state index in [0.29, 0.717) is 36.6 Å². The van der Waals surface area contributed by atoms with Gasteiger partial charge in [-0.1, -0.05) is 89.8 Å². The van der Waals surface area contributed by atoms with Crippen LogP contribution in [0.4, 0.5) is 10.1 Å². The lowest BCUT2D eigenvalue weighted by Gasteiger charge is -2.40. The molecule has 0 aromatic heterocycles. The number of anilines is 1. The highest BCUT2D eigenvalue weighted by molar-refractivity contribution is 6.76. The molecule has 11 heteroatoms. The molecule has 50 heavy (non-hydrogen) atoms. The van der Waals surface area contributed by atoms with Gasteiger partial charge in [0.15, 0.2) is 0 Å². The Bertz CT molecular complexity index is 1760. The molecule has 0 radical (unpaired) electrons. The zero-order chi connectivity index (χ0) is 35.1. The minimum absolute atomic E-state index is 0.0298. The third kappa shape index (κ3) is 9.28. The van der Waals surface area contributed by atoms with Crippen LogP contribution in [0.2, 0.25) is 0 Å². The largest absolute Gasteiger partial charge is 0.492 e. The lowest BCUT2D eigenvalue weighted by molar-refractivity contribution is -0.134. The van der Waals surface area contributed by atoms with Crippen molar-refractivity contribution >= 4 is 63.1 Å². The van der Waals surface area contributed by atoms with Crippen molar-refractivity contribution in [1.29, 1.82) is 0 Å². The lowest BCUT2D eigenvalue weighted by atomic mass is 9.84. The monoisotopic (exact) mass is 739 g/mol. The summed E-state index contributed by atoms with van der Waals surface area (Å²) in [5.41, 5.74) is 2.02. The fourth-order valence-corrected chi connectivity index (χ4v) is 7.35. The van der Waals surface area contributed by atoms with E-state index in [2.05, 4.69) is 4.90 Å². The summed E-state index contributed by atoms with van der Waals surface area (Å²) in [4.78, 5) is 33.6. The van der Waals surface area contributed by atoms with Crippen LogP contribution in [-0.4, -0.2) is 77.4 Å². The normalized spacial score (nSPS) is 18.5. The third-order valence-corrected chi connectivity index (χ3v) is 10.1. The number of benzene rings is 4. The smallest absolute Gasteiger partial charge is 0.275 e. The molecule has 0 N–H and O–H groups in total. The first kappa shape index (κ1) is 36.4. The molecule has 2 fully saturated rings. The van der Waals surface area contributed by atoms with Crippen LogP contribution in [0.15, 0.2) is 91.0 Å². The van der Waals surface area contributed by atoms with Crippen molar-refractivity contribution in [3.8, 4) is 5.75 Å².